The van der Waals surface area contributed by atoms with Gasteiger partial charge in [-0.05, 0) is 31.7 Å². The number of nitrogens with one attached hydrogen (secondary N) is 1. The van der Waals surface area contributed by atoms with Crippen LogP contribution in [0.3, 0.4) is 0 Å². The minimum Gasteiger partial charge on any atom is -0.359 e. The molecule has 1 heterocycles. The largest absolute Gasteiger partial charge is 0.359 e. The second kappa shape index (κ2) is 5.05. The molecule has 1 aliphatic carbocycles. The Morgan fingerprint density at radius 3 is 2.44 bits per heavy atom. The number of nitrogens with zero attached hydrogens (tertiary/aromatic N) is 2. The first-order chi connectivity index (χ1) is 7.81. The topological polar surface area (TPSA) is 54.9 Å². The minimum absolute atomic E-state index is 0.174. The molecule has 0 saturated heterocycles. The summed E-state index contributed by atoms with van der Waals surface area (Å²) < 4.78 is 0. The summed E-state index contributed by atoms with van der Waals surface area (Å²) in [5, 5.41) is 2.72. The van der Waals surface area contributed by atoms with Crippen molar-refractivity contribution in [3.63, 3.8) is 0 Å². The number of aromatic nitrogens is 2. The van der Waals surface area contributed by atoms with Gasteiger partial charge in [-0.3, -0.25) is 4.79 Å². The highest BCUT2D eigenvalue weighted by Gasteiger charge is 2.27. The van der Waals surface area contributed by atoms with Crippen LogP contribution >= 0.6 is 0 Å². The zero-order valence-corrected chi connectivity index (χ0v) is 9.52. The summed E-state index contributed by atoms with van der Waals surface area (Å²) >= 11 is 0. The van der Waals surface area contributed by atoms with E-state index in [2.05, 4.69) is 15.3 Å². The summed E-state index contributed by atoms with van der Waals surface area (Å²) in [5.41, 5.74) is 0. The molecule has 1 aromatic heterocycles. The van der Waals surface area contributed by atoms with Crippen molar-refractivity contribution >= 4 is 5.91 Å². The molecule has 0 spiro atoms. The summed E-state index contributed by atoms with van der Waals surface area (Å²) in [4.78, 5) is 20.0. The first-order valence-corrected chi connectivity index (χ1v) is 5.79. The summed E-state index contributed by atoms with van der Waals surface area (Å²) in [6.07, 6.45) is 7.50. The molecule has 1 saturated carbocycles. The molecule has 4 heteroatoms. The van der Waals surface area contributed by atoms with E-state index in [0.717, 1.165) is 31.5 Å². The van der Waals surface area contributed by atoms with E-state index in [1.165, 1.54) is 0 Å². The maximum Gasteiger partial charge on any atom is 0.222 e. The fraction of sp³-hybridized carbons (Fsp3) is 0.583. The first-order valence-electron chi connectivity index (χ1n) is 5.79. The molecule has 16 heavy (non-hydrogen) atoms. The Labute approximate surface area is 95.5 Å². The highest BCUT2D eigenvalue weighted by molar-refractivity contribution is 5.78. The summed E-state index contributed by atoms with van der Waals surface area (Å²) in [6, 6.07) is 1.83. The number of hydrogen-bond donors (Lipinski definition) is 1. The number of rotatable bonds is 2. The maximum absolute atomic E-state index is 11.5. The van der Waals surface area contributed by atoms with E-state index >= 15 is 0 Å². The molecule has 1 fully saturated rings. The molecule has 1 amide bonds. The molecular weight excluding hydrogens is 202 g/mol. The zero-order chi connectivity index (χ0) is 11.4. The van der Waals surface area contributed by atoms with Gasteiger partial charge in [0, 0.05) is 31.3 Å². The Morgan fingerprint density at radius 2 is 1.88 bits per heavy atom. The zero-order valence-electron chi connectivity index (χ0n) is 9.52. The fourth-order valence-corrected chi connectivity index (χ4v) is 2.34. The number of carbonyl (C=O) groups excluding carboxylic acids is 1. The van der Waals surface area contributed by atoms with Crippen molar-refractivity contribution in [2.45, 2.75) is 31.6 Å². The molecule has 4 nitrogen and oxygen atoms in total. The van der Waals surface area contributed by atoms with Crippen LogP contribution in [0.4, 0.5) is 0 Å². The van der Waals surface area contributed by atoms with Crippen LogP contribution in [-0.2, 0) is 4.79 Å². The van der Waals surface area contributed by atoms with E-state index in [-0.39, 0.29) is 11.8 Å². The maximum atomic E-state index is 11.5. The van der Waals surface area contributed by atoms with Crippen LogP contribution in [-0.4, -0.2) is 22.9 Å². The van der Waals surface area contributed by atoms with Gasteiger partial charge in [-0.2, -0.15) is 0 Å². The number of amides is 1. The minimum atomic E-state index is 0.174. The van der Waals surface area contributed by atoms with Crippen molar-refractivity contribution in [3.05, 3.63) is 24.3 Å². The summed E-state index contributed by atoms with van der Waals surface area (Å²) in [6.45, 7) is 0. The predicted octanol–water partition coefficient (Wildman–Crippen LogP) is 1.50. The van der Waals surface area contributed by atoms with Crippen LogP contribution < -0.4 is 5.32 Å². The molecule has 0 atom stereocenters. The molecule has 86 valence electrons. The van der Waals surface area contributed by atoms with Gasteiger partial charge in [-0.25, -0.2) is 9.97 Å². The van der Waals surface area contributed by atoms with Gasteiger partial charge in [0.15, 0.2) is 0 Å². The lowest BCUT2D eigenvalue weighted by Gasteiger charge is -2.26. The quantitative estimate of drug-likeness (QED) is 0.820. The molecule has 0 bridgehead atoms. The molecule has 0 aromatic carbocycles. The molecule has 1 aromatic rings. The first kappa shape index (κ1) is 11.0. The lowest BCUT2D eigenvalue weighted by Crippen LogP contribution is -2.30. The van der Waals surface area contributed by atoms with Crippen molar-refractivity contribution in [1.82, 2.24) is 15.3 Å². The Bertz CT molecular complexity index is 345. The van der Waals surface area contributed by atoms with Crippen LogP contribution in [0.5, 0.6) is 0 Å². The van der Waals surface area contributed by atoms with Crippen molar-refractivity contribution in [3.8, 4) is 0 Å². The van der Waals surface area contributed by atoms with Crippen molar-refractivity contribution in [2.75, 3.05) is 7.05 Å². The lowest BCUT2D eigenvalue weighted by atomic mass is 9.81. The van der Waals surface area contributed by atoms with E-state index in [1.54, 1.807) is 19.4 Å². The molecule has 0 aliphatic heterocycles. The van der Waals surface area contributed by atoms with E-state index in [4.69, 9.17) is 0 Å². The number of carbonyl (C=O) groups is 1. The van der Waals surface area contributed by atoms with Gasteiger partial charge < -0.3 is 5.32 Å². The van der Waals surface area contributed by atoms with Gasteiger partial charge in [-0.1, -0.05) is 0 Å². The Kier molecular flexibility index (Phi) is 3.49. The van der Waals surface area contributed by atoms with Crippen LogP contribution in [0.2, 0.25) is 0 Å². The molecule has 1 aliphatic rings. The molecule has 0 unspecified atom stereocenters. The predicted molar refractivity (Wildman–Crippen MR) is 60.8 cm³/mol. The highest BCUT2D eigenvalue weighted by atomic mass is 16.1. The van der Waals surface area contributed by atoms with E-state index < -0.39 is 0 Å². The monoisotopic (exact) mass is 219 g/mol. The van der Waals surface area contributed by atoms with Gasteiger partial charge in [0.2, 0.25) is 5.91 Å². The van der Waals surface area contributed by atoms with E-state index in [9.17, 15) is 4.79 Å². The Balaban J connectivity index is 1.93. The van der Waals surface area contributed by atoms with E-state index in [0.29, 0.717) is 5.92 Å². The third-order valence-electron chi connectivity index (χ3n) is 3.30. The van der Waals surface area contributed by atoms with Gasteiger partial charge >= 0.3 is 0 Å². The summed E-state index contributed by atoms with van der Waals surface area (Å²) in [5.74, 6) is 1.72. The van der Waals surface area contributed by atoms with Crippen molar-refractivity contribution < 1.29 is 4.79 Å². The Hall–Kier alpha value is -1.45. The Morgan fingerprint density at radius 1 is 1.25 bits per heavy atom. The fourth-order valence-electron chi connectivity index (χ4n) is 2.34. The second-order valence-electron chi connectivity index (χ2n) is 4.27. The van der Waals surface area contributed by atoms with Gasteiger partial charge in [0.1, 0.15) is 5.82 Å². The third kappa shape index (κ3) is 2.38. The lowest BCUT2D eigenvalue weighted by molar-refractivity contribution is -0.125. The van der Waals surface area contributed by atoms with Crippen LogP contribution in [0.15, 0.2) is 18.5 Å². The second-order valence-corrected chi connectivity index (χ2v) is 4.27. The van der Waals surface area contributed by atoms with Crippen molar-refractivity contribution in [1.29, 1.82) is 0 Å². The average molecular weight is 219 g/mol. The SMILES string of the molecule is CNC(=O)C1CCC(c2ncccn2)CC1. The van der Waals surface area contributed by atoms with Crippen LogP contribution in [0, 0.1) is 5.92 Å². The van der Waals surface area contributed by atoms with Gasteiger partial charge in [0.05, 0.1) is 0 Å². The molecule has 1 N–H and O–H groups in total. The number of hydrogen-bond acceptors (Lipinski definition) is 3. The standard InChI is InChI=1S/C12H17N3O/c1-13-12(16)10-5-3-9(4-6-10)11-14-7-2-8-15-11/h2,7-10H,3-6H2,1H3,(H,13,16). The van der Waals surface area contributed by atoms with Crippen LogP contribution in [0.25, 0.3) is 0 Å². The molecule has 0 radical (unpaired) electrons. The molecular formula is C12H17N3O. The normalized spacial score (nSPS) is 25.1. The van der Waals surface area contributed by atoms with E-state index in [1.807, 2.05) is 6.07 Å². The smallest absolute Gasteiger partial charge is 0.222 e. The summed E-state index contributed by atoms with van der Waals surface area (Å²) in [7, 11) is 1.70. The highest BCUT2D eigenvalue weighted by Crippen LogP contribution is 2.33. The molecule has 2 rings (SSSR count). The third-order valence-corrected chi connectivity index (χ3v) is 3.30. The van der Waals surface area contributed by atoms with Gasteiger partial charge in [0.25, 0.3) is 0 Å². The van der Waals surface area contributed by atoms with Gasteiger partial charge in [-0.15, -0.1) is 0 Å². The van der Waals surface area contributed by atoms with Crippen LogP contribution in [0.1, 0.15) is 37.4 Å². The van der Waals surface area contributed by atoms with Crippen molar-refractivity contribution in [2.24, 2.45) is 5.92 Å². The average Bonchev–Trinajstić information content (AvgIpc) is 2.39.